The van der Waals surface area contributed by atoms with Crippen molar-refractivity contribution in [3.63, 3.8) is 0 Å². The summed E-state index contributed by atoms with van der Waals surface area (Å²) in [5, 5.41) is 0.546. The Kier molecular flexibility index (Phi) is 4.70. The van der Waals surface area contributed by atoms with Gasteiger partial charge in [0.25, 0.3) is 5.56 Å². The van der Waals surface area contributed by atoms with Gasteiger partial charge >= 0.3 is 5.69 Å². The van der Waals surface area contributed by atoms with E-state index in [0.29, 0.717) is 46.9 Å². The van der Waals surface area contributed by atoms with Crippen molar-refractivity contribution in [1.29, 1.82) is 0 Å². The molecule has 0 radical (unpaired) electrons. The lowest BCUT2D eigenvalue weighted by atomic mass is 10.1. The van der Waals surface area contributed by atoms with Crippen molar-refractivity contribution in [3.05, 3.63) is 49.5 Å². The van der Waals surface area contributed by atoms with E-state index in [9.17, 15) is 14.4 Å². The summed E-state index contributed by atoms with van der Waals surface area (Å²) in [6.07, 6.45) is 0.592. The fourth-order valence-electron chi connectivity index (χ4n) is 3.74. The molecule has 3 heterocycles. The van der Waals surface area contributed by atoms with Gasteiger partial charge in [-0.05, 0) is 24.1 Å². The highest BCUT2D eigenvalue weighted by Crippen LogP contribution is 2.33. The minimum atomic E-state index is -0.434. The van der Waals surface area contributed by atoms with Crippen LogP contribution >= 0.6 is 11.3 Å². The smallest absolute Gasteiger partial charge is 0.336 e. The predicted octanol–water partition coefficient (Wildman–Crippen LogP) is 1.67. The number of fused-ring (bicyclic) bond motifs is 3. The van der Waals surface area contributed by atoms with Crippen molar-refractivity contribution in [2.75, 3.05) is 20.8 Å². The lowest BCUT2D eigenvalue weighted by molar-refractivity contribution is -0.129. The first kappa shape index (κ1) is 19.3. The molecule has 152 valence electrons. The van der Waals surface area contributed by atoms with Crippen LogP contribution in [-0.4, -0.2) is 40.7 Å². The van der Waals surface area contributed by atoms with Crippen molar-refractivity contribution in [2.24, 2.45) is 7.05 Å². The molecule has 0 unspecified atom stereocenters. The lowest BCUT2D eigenvalue weighted by Gasteiger charge is -2.25. The van der Waals surface area contributed by atoms with Gasteiger partial charge in [-0.2, -0.15) is 0 Å². The van der Waals surface area contributed by atoms with Crippen LogP contribution in [-0.2, 0) is 24.8 Å². The van der Waals surface area contributed by atoms with E-state index in [1.807, 2.05) is 0 Å². The third kappa shape index (κ3) is 2.93. The minimum absolute atomic E-state index is 0.00438. The number of benzene rings is 1. The van der Waals surface area contributed by atoms with E-state index in [1.54, 1.807) is 30.1 Å². The summed E-state index contributed by atoms with van der Waals surface area (Å²) in [6, 6.07) is 4.94. The number of hydrogen-bond acceptors (Lipinski definition) is 6. The van der Waals surface area contributed by atoms with Crippen molar-refractivity contribution in [3.8, 4) is 17.2 Å². The number of carbonyl (C=O) groups excluding carboxylic acids is 1. The molecule has 0 bridgehead atoms. The van der Waals surface area contributed by atoms with E-state index in [1.165, 1.54) is 37.0 Å². The van der Waals surface area contributed by atoms with Crippen molar-refractivity contribution >= 4 is 27.5 Å². The second-order valence-corrected chi connectivity index (χ2v) is 7.98. The van der Waals surface area contributed by atoms with Gasteiger partial charge in [-0.25, -0.2) is 9.36 Å². The average Bonchev–Trinajstić information content (AvgIpc) is 3.11. The van der Waals surface area contributed by atoms with Crippen molar-refractivity contribution in [2.45, 2.75) is 19.9 Å². The molecule has 1 aliphatic heterocycles. The molecule has 0 spiro atoms. The zero-order chi connectivity index (χ0) is 20.9. The predicted molar refractivity (Wildman–Crippen MR) is 111 cm³/mol. The SMILES string of the molecule is COc1ccc(-n2c(=O)c3c4c(sc3n(C)c2=O)CN(C(C)=O)CC4)cc1OC. The van der Waals surface area contributed by atoms with E-state index in [2.05, 4.69) is 0 Å². The van der Waals surface area contributed by atoms with E-state index < -0.39 is 5.69 Å². The van der Waals surface area contributed by atoms with Gasteiger partial charge in [0.05, 0.1) is 31.8 Å². The number of methoxy groups -OCH3 is 2. The summed E-state index contributed by atoms with van der Waals surface area (Å²) in [5.41, 5.74) is 0.550. The van der Waals surface area contributed by atoms with Gasteiger partial charge in [-0.1, -0.05) is 0 Å². The standard InChI is InChI=1S/C20H21N3O5S/c1-11(24)22-8-7-13-16(10-22)29-19-17(13)18(25)23(20(26)21(19)2)12-5-6-14(27-3)15(9-12)28-4/h5-6,9H,7-8,10H2,1-4H3. The monoisotopic (exact) mass is 415 g/mol. The molecule has 0 atom stereocenters. The third-order valence-corrected chi connectivity index (χ3v) is 6.60. The van der Waals surface area contributed by atoms with E-state index in [4.69, 9.17) is 9.47 Å². The number of thiophene rings is 1. The van der Waals surface area contributed by atoms with Crippen molar-refractivity contribution < 1.29 is 14.3 Å². The van der Waals surface area contributed by atoms with Crippen LogP contribution in [0.2, 0.25) is 0 Å². The topological polar surface area (TPSA) is 82.8 Å². The molecule has 0 saturated carbocycles. The first-order valence-corrected chi connectivity index (χ1v) is 9.93. The summed E-state index contributed by atoms with van der Waals surface area (Å²) < 4.78 is 13.2. The highest BCUT2D eigenvalue weighted by atomic mass is 32.1. The zero-order valence-electron chi connectivity index (χ0n) is 16.6. The van der Waals surface area contributed by atoms with Gasteiger partial charge in [-0.3, -0.25) is 14.2 Å². The zero-order valence-corrected chi connectivity index (χ0v) is 17.5. The summed E-state index contributed by atoms with van der Waals surface area (Å²) in [6.45, 7) is 2.57. The molecule has 8 nitrogen and oxygen atoms in total. The molecule has 0 saturated heterocycles. The number of hydrogen-bond donors (Lipinski definition) is 0. The average molecular weight is 415 g/mol. The number of ether oxygens (including phenoxy) is 2. The molecule has 4 rings (SSSR count). The largest absolute Gasteiger partial charge is 0.493 e. The molecule has 1 aromatic carbocycles. The maximum Gasteiger partial charge on any atom is 0.336 e. The van der Waals surface area contributed by atoms with Crippen LogP contribution in [0.15, 0.2) is 27.8 Å². The first-order chi connectivity index (χ1) is 13.9. The molecular weight excluding hydrogens is 394 g/mol. The van der Waals surface area contributed by atoms with Crippen LogP contribution in [0.5, 0.6) is 11.5 Å². The molecule has 1 amide bonds. The Bertz CT molecular complexity index is 1250. The molecule has 0 aliphatic carbocycles. The van der Waals surface area contributed by atoms with Crippen LogP contribution < -0.4 is 20.7 Å². The fourth-order valence-corrected chi connectivity index (χ4v) is 5.05. The Morgan fingerprint density at radius 3 is 2.52 bits per heavy atom. The number of aromatic nitrogens is 2. The molecule has 2 aromatic heterocycles. The molecule has 3 aromatic rings. The maximum atomic E-state index is 13.4. The number of rotatable bonds is 3. The van der Waals surface area contributed by atoms with Crippen LogP contribution in [0.1, 0.15) is 17.4 Å². The molecule has 0 N–H and O–H groups in total. The number of carbonyl (C=O) groups is 1. The van der Waals surface area contributed by atoms with Crippen LogP contribution in [0, 0.1) is 0 Å². The van der Waals surface area contributed by atoms with Gasteiger partial charge in [-0.15, -0.1) is 11.3 Å². The number of nitrogens with zero attached hydrogens (tertiary/aromatic N) is 3. The van der Waals surface area contributed by atoms with E-state index in [-0.39, 0.29) is 11.5 Å². The van der Waals surface area contributed by atoms with Crippen molar-refractivity contribution in [1.82, 2.24) is 14.0 Å². The van der Waals surface area contributed by atoms with Gasteiger partial charge < -0.3 is 14.4 Å². The highest BCUT2D eigenvalue weighted by Gasteiger charge is 2.27. The van der Waals surface area contributed by atoms with Gasteiger partial charge in [0, 0.05) is 31.5 Å². The van der Waals surface area contributed by atoms with Crippen LogP contribution in [0.25, 0.3) is 15.9 Å². The van der Waals surface area contributed by atoms with Gasteiger partial charge in [0.15, 0.2) is 11.5 Å². The number of amides is 1. The normalized spacial score (nSPS) is 13.4. The minimum Gasteiger partial charge on any atom is -0.493 e. The third-order valence-electron chi connectivity index (χ3n) is 5.31. The second kappa shape index (κ2) is 7.07. The lowest BCUT2D eigenvalue weighted by Crippen LogP contribution is -2.38. The molecule has 9 heteroatoms. The summed E-state index contributed by atoms with van der Waals surface area (Å²) in [4.78, 5) is 41.5. The Hall–Kier alpha value is -3.07. The summed E-state index contributed by atoms with van der Waals surface area (Å²) in [5.74, 6) is 0.952. The molecule has 0 fully saturated rings. The Morgan fingerprint density at radius 2 is 1.86 bits per heavy atom. The molecular formula is C20H21N3O5S. The Labute approximate surface area is 170 Å². The fraction of sp³-hybridized carbons (Fsp3) is 0.350. The van der Waals surface area contributed by atoms with Gasteiger partial charge in [0.2, 0.25) is 5.91 Å². The summed E-state index contributed by atoms with van der Waals surface area (Å²) in [7, 11) is 4.69. The summed E-state index contributed by atoms with van der Waals surface area (Å²) >= 11 is 1.40. The highest BCUT2D eigenvalue weighted by molar-refractivity contribution is 7.18. The molecule has 29 heavy (non-hydrogen) atoms. The van der Waals surface area contributed by atoms with Crippen LogP contribution in [0.3, 0.4) is 0 Å². The van der Waals surface area contributed by atoms with Crippen LogP contribution in [0.4, 0.5) is 0 Å². The first-order valence-electron chi connectivity index (χ1n) is 9.11. The second-order valence-electron chi connectivity index (χ2n) is 6.90. The van der Waals surface area contributed by atoms with E-state index >= 15 is 0 Å². The van der Waals surface area contributed by atoms with Gasteiger partial charge in [0.1, 0.15) is 4.83 Å². The van der Waals surface area contributed by atoms with E-state index in [0.717, 1.165) is 15.0 Å². The molecule has 1 aliphatic rings. The quantitative estimate of drug-likeness (QED) is 0.650. The number of aryl methyl sites for hydroxylation is 1. The maximum absolute atomic E-state index is 13.4. The Balaban J connectivity index is 1.97. The Morgan fingerprint density at radius 1 is 1.14 bits per heavy atom.